The normalized spacial score (nSPS) is 14.2. The van der Waals surface area contributed by atoms with Gasteiger partial charge in [-0.25, -0.2) is 8.42 Å². The van der Waals surface area contributed by atoms with Crippen molar-refractivity contribution < 1.29 is 18.3 Å². The van der Waals surface area contributed by atoms with E-state index in [1.165, 1.54) is 24.3 Å². The lowest BCUT2D eigenvalue weighted by Crippen LogP contribution is -2.44. The largest absolute Gasteiger partial charge is 0.480 e. The molecule has 5 nitrogen and oxygen atoms in total. The number of carbonyl (C=O) groups is 1. The fourth-order valence-corrected chi connectivity index (χ4v) is 2.90. The smallest absolute Gasteiger partial charge is 0.322 e. The minimum Gasteiger partial charge on any atom is -0.480 e. The predicted molar refractivity (Wildman–Crippen MR) is 73.9 cm³/mol. The maximum absolute atomic E-state index is 12.1. The summed E-state index contributed by atoms with van der Waals surface area (Å²) in [5.74, 6) is 0.608. The van der Waals surface area contributed by atoms with E-state index in [0.717, 1.165) is 0 Å². The molecule has 0 amide bonds. The van der Waals surface area contributed by atoms with Crippen LogP contribution in [0, 0.1) is 18.3 Å². The molecule has 1 rings (SSSR count). The van der Waals surface area contributed by atoms with Crippen molar-refractivity contribution >= 4 is 16.0 Å². The molecule has 6 heteroatoms. The molecule has 0 aliphatic rings. The van der Waals surface area contributed by atoms with E-state index in [4.69, 9.17) is 11.5 Å². The van der Waals surface area contributed by atoms with Gasteiger partial charge in [-0.2, -0.15) is 4.72 Å². The molecular weight excluding hydrogens is 278 g/mol. The number of rotatable bonds is 6. The van der Waals surface area contributed by atoms with E-state index < -0.39 is 22.0 Å². The predicted octanol–water partition coefficient (Wildman–Crippen LogP) is 1.40. The topological polar surface area (TPSA) is 83.5 Å². The molecule has 0 saturated heterocycles. The molecule has 0 aliphatic carbocycles. The Morgan fingerprint density at radius 2 is 1.95 bits per heavy atom. The summed E-state index contributed by atoms with van der Waals surface area (Å²) in [6.45, 7) is 3.47. The van der Waals surface area contributed by atoms with E-state index in [1.807, 2.05) is 0 Å². The van der Waals surface area contributed by atoms with E-state index in [1.54, 1.807) is 13.8 Å². The zero-order valence-corrected chi connectivity index (χ0v) is 12.1. The van der Waals surface area contributed by atoms with Crippen LogP contribution in [-0.4, -0.2) is 25.5 Å². The van der Waals surface area contributed by atoms with Crippen LogP contribution in [0.5, 0.6) is 0 Å². The van der Waals surface area contributed by atoms with Crippen molar-refractivity contribution in [2.24, 2.45) is 5.92 Å². The lowest BCUT2D eigenvalue weighted by molar-refractivity contribution is -0.140. The fourth-order valence-electron chi connectivity index (χ4n) is 1.60. The van der Waals surface area contributed by atoms with Crippen molar-refractivity contribution in [1.82, 2.24) is 4.72 Å². The average Bonchev–Trinajstić information content (AvgIpc) is 2.43. The van der Waals surface area contributed by atoms with Crippen molar-refractivity contribution in [2.45, 2.75) is 31.2 Å². The molecule has 2 N–H and O–H groups in total. The first-order valence-corrected chi connectivity index (χ1v) is 7.58. The highest BCUT2D eigenvalue weighted by atomic mass is 32.2. The number of nitrogens with one attached hydrogen (secondary N) is 1. The van der Waals surface area contributed by atoms with Crippen LogP contribution in [0.1, 0.15) is 25.8 Å². The second-order valence-electron chi connectivity index (χ2n) is 4.47. The highest BCUT2D eigenvalue weighted by molar-refractivity contribution is 7.89. The lowest BCUT2D eigenvalue weighted by Gasteiger charge is -2.20. The molecule has 0 aromatic heterocycles. The second-order valence-corrected chi connectivity index (χ2v) is 6.19. The lowest BCUT2D eigenvalue weighted by atomic mass is 10.0. The van der Waals surface area contributed by atoms with E-state index in [9.17, 15) is 13.2 Å². The van der Waals surface area contributed by atoms with Crippen LogP contribution in [0.4, 0.5) is 0 Å². The maximum atomic E-state index is 12.1. The van der Waals surface area contributed by atoms with E-state index in [-0.39, 0.29) is 10.8 Å². The molecule has 0 heterocycles. The Morgan fingerprint density at radius 3 is 2.35 bits per heavy atom. The summed E-state index contributed by atoms with van der Waals surface area (Å²) in [6.07, 6.45) is 7.47. The van der Waals surface area contributed by atoms with Crippen LogP contribution in [0.15, 0.2) is 29.2 Å². The van der Waals surface area contributed by atoms with Crippen molar-refractivity contribution in [3.8, 4) is 5.92 Å². The van der Waals surface area contributed by atoms with Gasteiger partial charge in [-0.3, -0.25) is 4.79 Å². The monoisotopic (exact) mass is 294 g/mol. The molecule has 107 valence electrons. The Labute approximate surface area is 119 Å². The number of sulfonamides is 1. The number of carboxylic acid groups (broad SMARTS) is 1. The second kappa shape index (κ2) is 6.55. The zero-order valence-electron chi connectivity index (χ0n) is 11.3. The fraction of sp³-hybridized carbons (Fsp3) is 0.357. The van der Waals surface area contributed by atoms with Crippen molar-refractivity contribution in [3.05, 3.63) is 36.3 Å². The molecule has 2 atom stereocenters. The maximum Gasteiger partial charge on any atom is 0.322 e. The van der Waals surface area contributed by atoms with E-state index >= 15 is 0 Å². The number of benzene rings is 1. The molecule has 2 unspecified atom stereocenters. The summed E-state index contributed by atoms with van der Waals surface area (Å²) in [5, 5.41) is 9.11. The van der Waals surface area contributed by atoms with Crippen LogP contribution in [0.3, 0.4) is 0 Å². The SMILES string of the molecule is [C]#Cc1ccc(S(=O)(=O)NC(C(=O)O)C(C)CC)cc1. The van der Waals surface area contributed by atoms with Gasteiger partial charge in [0, 0.05) is 5.56 Å². The van der Waals surface area contributed by atoms with E-state index in [2.05, 4.69) is 10.6 Å². The standard InChI is InChI=1S/C14H16NO4S/c1-4-10(3)13(14(16)17)15-20(18,19)12-8-6-11(5-2)7-9-12/h6-10,13,15H,4H2,1,3H3,(H,16,17). The van der Waals surface area contributed by atoms with Crippen molar-refractivity contribution in [1.29, 1.82) is 0 Å². The Morgan fingerprint density at radius 1 is 1.40 bits per heavy atom. The Kier molecular flexibility index (Phi) is 5.31. The van der Waals surface area contributed by atoms with Crippen LogP contribution >= 0.6 is 0 Å². The molecule has 1 aromatic carbocycles. The molecule has 0 saturated carbocycles. The number of hydrogen-bond donors (Lipinski definition) is 2. The van der Waals surface area contributed by atoms with Crippen molar-refractivity contribution in [2.75, 3.05) is 0 Å². The third-order valence-electron chi connectivity index (χ3n) is 3.07. The summed E-state index contributed by atoms with van der Waals surface area (Å²) in [7, 11) is -3.90. The number of hydrogen-bond acceptors (Lipinski definition) is 3. The third-order valence-corrected chi connectivity index (χ3v) is 4.53. The van der Waals surface area contributed by atoms with Gasteiger partial charge in [-0.15, -0.1) is 0 Å². The molecule has 0 bridgehead atoms. The minimum absolute atomic E-state index is 0.0361. The first-order chi connectivity index (χ1) is 9.31. The molecular formula is C14H16NO4S. The highest BCUT2D eigenvalue weighted by Gasteiger charge is 2.29. The van der Waals surface area contributed by atoms with Crippen LogP contribution in [0.2, 0.25) is 0 Å². The van der Waals surface area contributed by atoms with Gasteiger partial charge in [0.05, 0.1) is 4.90 Å². The zero-order chi connectivity index (χ0) is 15.3. The van der Waals surface area contributed by atoms with Gasteiger partial charge in [0.1, 0.15) is 6.04 Å². The Hall–Kier alpha value is -1.84. The van der Waals surface area contributed by atoms with Gasteiger partial charge in [0.2, 0.25) is 10.0 Å². The highest BCUT2D eigenvalue weighted by Crippen LogP contribution is 2.14. The summed E-state index contributed by atoms with van der Waals surface area (Å²) in [6, 6.07) is 4.32. The number of carboxylic acids is 1. The molecule has 0 spiro atoms. The van der Waals surface area contributed by atoms with Crippen LogP contribution in [0.25, 0.3) is 0 Å². The molecule has 1 aromatic rings. The Balaban J connectivity index is 3.03. The first kappa shape index (κ1) is 16.2. The number of aliphatic carboxylic acids is 1. The van der Waals surface area contributed by atoms with Gasteiger partial charge in [0.15, 0.2) is 0 Å². The molecule has 1 radical (unpaired) electrons. The van der Waals surface area contributed by atoms with Gasteiger partial charge in [-0.05, 0) is 36.6 Å². The molecule has 20 heavy (non-hydrogen) atoms. The Bertz CT molecular complexity index is 614. The minimum atomic E-state index is -3.90. The van der Waals surface area contributed by atoms with Gasteiger partial charge in [0.25, 0.3) is 0 Å². The molecule has 0 aliphatic heterocycles. The summed E-state index contributed by atoms with van der Waals surface area (Å²) >= 11 is 0. The van der Waals surface area contributed by atoms with Crippen LogP contribution < -0.4 is 4.72 Å². The summed E-state index contributed by atoms with van der Waals surface area (Å²) < 4.78 is 26.5. The van der Waals surface area contributed by atoms with Crippen LogP contribution in [-0.2, 0) is 14.8 Å². The van der Waals surface area contributed by atoms with E-state index in [0.29, 0.717) is 12.0 Å². The van der Waals surface area contributed by atoms with Crippen molar-refractivity contribution in [3.63, 3.8) is 0 Å². The quantitative estimate of drug-likeness (QED) is 0.777. The summed E-state index contributed by atoms with van der Waals surface area (Å²) in [4.78, 5) is 11.1. The van der Waals surface area contributed by atoms with Gasteiger partial charge >= 0.3 is 5.97 Å². The molecule has 0 fully saturated rings. The first-order valence-electron chi connectivity index (χ1n) is 6.09. The van der Waals surface area contributed by atoms with Gasteiger partial charge < -0.3 is 5.11 Å². The third kappa shape index (κ3) is 3.83. The summed E-state index contributed by atoms with van der Waals surface area (Å²) in [5.41, 5.74) is 0.445. The van der Waals surface area contributed by atoms with Gasteiger partial charge in [-0.1, -0.05) is 26.2 Å². The average molecular weight is 294 g/mol.